The summed E-state index contributed by atoms with van der Waals surface area (Å²) < 4.78 is 5.71. The smallest absolute Gasteiger partial charge is 0.311 e. The number of hydrogen-bond acceptors (Lipinski definition) is 4. The molecule has 2 fully saturated rings. The van der Waals surface area contributed by atoms with Crippen LogP contribution in [0.2, 0.25) is 0 Å². The minimum absolute atomic E-state index is 0.107. The predicted molar refractivity (Wildman–Crippen MR) is 105 cm³/mol. The lowest BCUT2D eigenvalue weighted by atomic mass is 9.55. The summed E-state index contributed by atoms with van der Waals surface area (Å²) in [5.41, 5.74) is 2.35. The number of benzene rings is 1. The number of hydrogen-bond donors (Lipinski definition) is 2. The predicted octanol–water partition coefficient (Wildman–Crippen LogP) is 3.10. The van der Waals surface area contributed by atoms with Gasteiger partial charge in [0.15, 0.2) is 0 Å². The van der Waals surface area contributed by atoms with Crippen molar-refractivity contribution in [1.29, 1.82) is 0 Å². The highest BCUT2D eigenvalue weighted by Crippen LogP contribution is 2.55. The van der Waals surface area contributed by atoms with Gasteiger partial charge in [-0.1, -0.05) is 55.8 Å². The average molecular weight is 370 g/mol. The Hall–Kier alpha value is -1.65. The summed E-state index contributed by atoms with van der Waals surface area (Å²) in [5.74, 6) is -0.0831. The van der Waals surface area contributed by atoms with Crippen LogP contribution in [0.15, 0.2) is 42.0 Å². The van der Waals surface area contributed by atoms with Gasteiger partial charge in [-0.05, 0) is 37.3 Å². The molecule has 6 atom stereocenters. The zero-order valence-corrected chi connectivity index (χ0v) is 16.4. The van der Waals surface area contributed by atoms with Gasteiger partial charge < -0.3 is 15.2 Å². The molecule has 2 N–H and O–H groups in total. The Bertz CT molecular complexity index is 716. The minimum Gasteiger partial charge on any atom is -0.461 e. The summed E-state index contributed by atoms with van der Waals surface area (Å²) in [6.07, 6.45) is 5.47. The van der Waals surface area contributed by atoms with Crippen molar-refractivity contribution in [1.82, 2.24) is 5.32 Å². The second-order valence-electron chi connectivity index (χ2n) is 8.74. The maximum Gasteiger partial charge on any atom is 0.311 e. The number of esters is 1. The van der Waals surface area contributed by atoms with Crippen molar-refractivity contribution >= 4 is 5.97 Å². The van der Waals surface area contributed by atoms with Crippen LogP contribution in [0.1, 0.15) is 38.7 Å². The molecule has 0 amide bonds. The molecule has 1 aromatic rings. The van der Waals surface area contributed by atoms with Gasteiger partial charge in [-0.15, -0.1) is 0 Å². The number of rotatable bonds is 5. The first-order valence-electron chi connectivity index (χ1n) is 10.3. The molecule has 0 radical (unpaired) electrons. The van der Waals surface area contributed by atoms with Crippen LogP contribution in [0, 0.1) is 23.2 Å². The molecule has 4 rings (SSSR count). The molecule has 4 nitrogen and oxygen atoms in total. The van der Waals surface area contributed by atoms with Crippen molar-refractivity contribution in [2.45, 2.75) is 51.7 Å². The molecule has 146 valence electrons. The molecule has 1 aromatic carbocycles. The molecular formula is C23H31NO3. The number of allylic oxidation sites excluding steroid dienone is 1. The Morgan fingerprint density at radius 2 is 2.07 bits per heavy atom. The van der Waals surface area contributed by atoms with Crippen molar-refractivity contribution < 1.29 is 14.6 Å². The minimum atomic E-state index is -0.523. The fourth-order valence-electron chi connectivity index (χ4n) is 5.43. The molecule has 1 saturated heterocycles. The first kappa shape index (κ1) is 18.7. The van der Waals surface area contributed by atoms with E-state index in [1.54, 1.807) is 0 Å². The monoisotopic (exact) mass is 369 g/mol. The fourth-order valence-corrected chi connectivity index (χ4v) is 5.43. The third-order valence-corrected chi connectivity index (χ3v) is 7.37. The number of carbonyl (C=O) groups excluding carboxylic acids is 1. The van der Waals surface area contributed by atoms with E-state index >= 15 is 0 Å². The lowest BCUT2D eigenvalue weighted by Crippen LogP contribution is -2.54. The van der Waals surface area contributed by atoms with Crippen LogP contribution in [0.3, 0.4) is 0 Å². The van der Waals surface area contributed by atoms with Gasteiger partial charge in [0.1, 0.15) is 6.10 Å². The highest BCUT2D eigenvalue weighted by Gasteiger charge is 2.59. The molecular weight excluding hydrogens is 338 g/mol. The van der Waals surface area contributed by atoms with Crippen LogP contribution in [0.5, 0.6) is 0 Å². The van der Waals surface area contributed by atoms with Gasteiger partial charge in [0, 0.05) is 24.3 Å². The normalized spacial score (nSPS) is 38.0. The van der Waals surface area contributed by atoms with Crippen LogP contribution in [0.25, 0.3) is 0 Å². The summed E-state index contributed by atoms with van der Waals surface area (Å²) in [5, 5.41) is 14.8. The van der Waals surface area contributed by atoms with Gasteiger partial charge in [0.25, 0.3) is 0 Å². The van der Waals surface area contributed by atoms with Crippen LogP contribution in [0.4, 0.5) is 0 Å². The second kappa shape index (κ2) is 7.40. The van der Waals surface area contributed by atoms with Crippen LogP contribution in [-0.2, 0) is 16.0 Å². The number of aliphatic hydroxyl groups excluding tert-OH is 1. The van der Waals surface area contributed by atoms with Gasteiger partial charge in [0.2, 0.25) is 0 Å². The van der Waals surface area contributed by atoms with E-state index in [0.29, 0.717) is 12.5 Å². The van der Waals surface area contributed by atoms with E-state index in [4.69, 9.17) is 4.74 Å². The molecule has 3 aliphatic rings. The zero-order chi connectivity index (χ0) is 19.0. The molecule has 0 aromatic heterocycles. The number of nitrogens with one attached hydrogen (secondary N) is 1. The second-order valence-corrected chi connectivity index (χ2v) is 8.74. The molecule has 0 unspecified atom stereocenters. The molecule has 0 bridgehead atoms. The van der Waals surface area contributed by atoms with Gasteiger partial charge >= 0.3 is 5.97 Å². The third-order valence-electron chi connectivity index (χ3n) is 7.37. The lowest BCUT2D eigenvalue weighted by Gasteiger charge is -2.51. The van der Waals surface area contributed by atoms with Crippen LogP contribution < -0.4 is 5.32 Å². The first-order chi connectivity index (χ1) is 13.0. The zero-order valence-electron chi connectivity index (χ0n) is 16.4. The number of aliphatic hydroxyl groups is 1. The molecule has 1 saturated carbocycles. The Morgan fingerprint density at radius 3 is 2.85 bits per heavy atom. The standard InChI is InChI=1S/C23H31NO3/c1-15-7-6-10-17-13-19-20(21(25)23(15,17)2)18(22(26)27-19)14-24-12-11-16-8-4-3-5-9-16/h3-5,8-10,15,18-21,24-25H,6-7,11-14H2,1-2H3/t15-,18+,19-,20-,21+,23-/m1/s1. The van der Waals surface area contributed by atoms with E-state index in [1.807, 2.05) is 18.2 Å². The summed E-state index contributed by atoms with van der Waals surface area (Å²) in [7, 11) is 0. The maximum absolute atomic E-state index is 12.5. The lowest BCUT2D eigenvalue weighted by molar-refractivity contribution is -0.144. The van der Waals surface area contributed by atoms with Gasteiger partial charge in [-0.25, -0.2) is 0 Å². The van der Waals surface area contributed by atoms with Gasteiger partial charge in [-0.2, -0.15) is 0 Å². The van der Waals surface area contributed by atoms with E-state index in [-0.39, 0.29) is 29.3 Å². The van der Waals surface area contributed by atoms with E-state index in [0.717, 1.165) is 32.2 Å². The molecule has 1 aliphatic heterocycles. The SMILES string of the molecule is C[C@@H]1CCC=C2C[C@H]3OC(=O)[C@@H](CNCCc4ccccc4)[C@H]3[C@H](O)[C@@]21C. The van der Waals surface area contributed by atoms with Crippen molar-refractivity contribution in [3.8, 4) is 0 Å². The largest absolute Gasteiger partial charge is 0.461 e. The molecule has 27 heavy (non-hydrogen) atoms. The summed E-state index contributed by atoms with van der Waals surface area (Å²) in [6.45, 7) is 5.82. The van der Waals surface area contributed by atoms with Crippen molar-refractivity contribution in [2.75, 3.05) is 13.1 Å². The third kappa shape index (κ3) is 3.23. The van der Waals surface area contributed by atoms with Crippen LogP contribution in [-0.4, -0.2) is 36.4 Å². The summed E-state index contributed by atoms with van der Waals surface area (Å²) >= 11 is 0. The van der Waals surface area contributed by atoms with Crippen LogP contribution >= 0.6 is 0 Å². The van der Waals surface area contributed by atoms with Crippen molar-refractivity contribution in [3.63, 3.8) is 0 Å². The molecule has 4 heteroatoms. The molecule has 1 heterocycles. The average Bonchev–Trinajstić information content (AvgIpc) is 2.98. The highest BCUT2D eigenvalue weighted by atomic mass is 16.6. The Morgan fingerprint density at radius 1 is 1.30 bits per heavy atom. The fraction of sp³-hybridized carbons (Fsp3) is 0.609. The summed E-state index contributed by atoms with van der Waals surface area (Å²) in [6, 6.07) is 10.3. The first-order valence-corrected chi connectivity index (χ1v) is 10.3. The number of ether oxygens (including phenoxy) is 1. The topological polar surface area (TPSA) is 58.6 Å². The van der Waals surface area contributed by atoms with Gasteiger partial charge in [-0.3, -0.25) is 4.79 Å². The Labute approximate surface area is 162 Å². The van der Waals surface area contributed by atoms with E-state index in [1.165, 1.54) is 11.1 Å². The van der Waals surface area contributed by atoms with Crippen molar-refractivity contribution in [3.05, 3.63) is 47.5 Å². The maximum atomic E-state index is 12.5. The van der Waals surface area contributed by atoms with E-state index in [2.05, 4.69) is 37.4 Å². The quantitative estimate of drug-likeness (QED) is 0.476. The Balaban J connectivity index is 1.43. The number of carbonyl (C=O) groups is 1. The highest BCUT2D eigenvalue weighted by molar-refractivity contribution is 5.76. The van der Waals surface area contributed by atoms with E-state index < -0.39 is 6.10 Å². The number of fused-ring (bicyclic) bond motifs is 2. The van der Waals surface area contributed by atoms with Gasteiger partial charge in [0.05, 0.1) is 12.0 Å². The Kier molecular flexibility index (Phi) is 5.13. The van der Waals surface area contributed by atoms with E-state index in [9.17, 15) is 9.90 Å². The van der Waals surface area contributed by atoms with Crippen molar-refractivity contribution in [2.24, 2.45) is 23.2 Å². The summed E-state index contributed by atoms with van der Waals surface area (Å²) in [4.78, 5) is 12.5. The molecule has 0 spiro atoms. The molecule has 2 aliphatic carbocycles.